The first-order chi connectivity index (χ1) is 5.86. The first kappa shape index (κ1) is 7.74. The topological polar surface area (TPSA) is 22.1 Å². The summed E-state index contributed by atoms with van der Waals surface area (Å²) in [4.78, 5) is 4.27. The lowest BCUT2D eigenvalue weighted by Crippen LogP contribution is -2.02. The Morgan fingerprint density at radius 2 is 2.33 bits per heavy atom. The first-order valence-electron chi connectivity index (χ1n) is 4.42. The Balaban J connectivity index is 2.11. The molecule has 0 aliphatic carbocycles. The molecule has 0 spiro atoms. The quantitative estimate of drug-likeness (QED) is 0.633. The molecule has 1 saturated heterocycles. The van der Waals surface area contributed by atoms with Crippen LogP contribution in [-0.4, -0.2) is 11.1 Å². The van der Waals surface area contributed by atoms with Gasteiger partial charge in [-0.25, -0.2) is 0 Å². The highest BCUT2D eigenvalue weighted by Crippen LogP contribution is 2.30. The zero-order chi connectivity index (χ0) is 8.39. The highest BCUT2D eigenvalue weighted by Gasteiger charge is 2.23. The molecule has 64 valence electrons. The van der Waals surface area contributed by atoms with Gasteiger partial charge in [0.15, 0.2) is 0 Å². The molecule has 1 aromatic rings. The minimum absolute atomic E-state index is 0.237. The second kappa shape index (κ2) is 3.23. The van der Waals surface area contributed by atoms with Gasteiger partial charge in [-0.15, -0.1) is 0 Å². The van der Waals surface area contributed by atoms with Crippen molar-refractivity contribution in [3.63, 3.8) is 0 Å². The maximum absolute atomic E-state index is 5.68. The lowest BCUT2D eigenvalue weighted by molar-refractivity contribution is 0.0530. The fraction of sp³-hybridized carbons (Fsp3) is 0.500. The number of nitrogens with zero attached hydrogens (tertiary/aromatic N) is 1. The normalized spacial score (nSPS) is 29.1. The van der Waals surface area contributed by atoms with Gasteiger partial charge >= 0.3 is 0 Å². The van der Waals surface area contributed by atoms with E-state index in [4.69, 9.17) is 4.74 Å². The van der Waals surface area contributed by atoms with E-state index < -0.39 is 0 Å². The van der Waals surface area contributed by atoms with Gasteiger partial charge < -0.3 is 4.74 Å². The van der Waals surface area contributed by atoms with Crippen LogP contribution in [0.4, 0.5) is 0 Å². The molecule has 2 heteroatoms. The number of rotatable bonds is 1. The molecule has 0 bridgehead atoms. The molecule has 12 heavy (non-hydrogen) atoms. The Hall–Kier alpha value is -0.890. The second-order valence-corrected chi connectivity index (χ2v) is 3.27. The zero-order valence-corrected chi connectivity index (χ0v) is 7.23. The highest BCUT2D eigenvalue weighted by atomic mass is 16.5. The fourth-order valence-corrected chi connectivity index (χ4v) is 1.59. The lowest BCUT2D eigenvalue weighted by atomic mass is 10.1. The van der Waals surface area contributed by atoms with Gasteiger partial charge in [0.2, 0.25) is 0 Å². The monoisotopic (exact) mass is 163 g/mol. The van der Waals surface area contributed by atoms with Crippen LogP contribution in [0.1, 0.15) is 31.6 Å². The van der Waals surface area contributed by atoms with Gasteiger partial charge in [-0.1, -0.05) is 6.07 Å². The minimum atomic E-state index is 0.237. The molecule has 1 fully saturated rings. The summed E-state index contributed by atoms with van der Waals surface area (Å²) in [5, 5.41) is 0. The van der Waals surface area contributed by atoms with E-state index in [2.05, 4.69) is 11.9 Å². The molecule has 0 radical (unpaired) electrons. The van der Waals surface area contributed by atoms with Gasteiger partial charge in [0.1, 0.15) is 0 Å². The molecular formula is C10H13NO. The van der Waals surface area contributed by atoms with E-state index in [1.165, 1.54) is 0 Å². The summed E-state index contributed by atoms with van der Waals surface area (Å²) in [5.41, 5.74) is 1.07. The predicted octanol–water partition coefficient (Wildman–Crippen LogP) is 2.32. The number of ether oxygens (including phenoxy) is 1. The van der Waals surface area contributed by atoms with Gasteiger partial charge in [-0.2, -0.15) is 0 Å². The van der Waals surface area contributed by atoms with Crippen LogP contribution in [0, 0.1) is 0 Å². The van der Waals surface area contributed by atoms with Crippen molar-refractivity contribution in [1.82, 2.24) is 4.98 Å². The van der Waals surface area contributed by atoms with Gasteiger partial charge in [0.05, 0.1) is 17.9 Å². The predicted molar refractivity (Wildman–Crippen MR) is 46.8 cm³/mol. The third kappa shape index (κ3) is 1.48. The summed E-state index contributed by atoms with van der Waals surface area (Å²) in [6, 6.07) is 5.97. The van der Waals surface area contributed by atoms with Crippen molar-refractivity contribution in [2.45, 2.75) is 32.0 Å². The molecule has 2 rings (SSSR count). The summed E-state index contributed by atoms with van der Waals surface area (Å²) >= 11 is 0. The minimum Gasteiger partial charge on any atom is -0.369 e. The Kier molecular flexibility index (Phi) is 2.09. The largest absolute Gasteiger partial charge is 0.369 e. The Morgan fingerprint density at radius 3 is 2.92 bits per heavy atom. The Bertz CT molecular complexity index is 247. The summed E-state index contributed by atoms with van der Waals surface area (Å²) in [5.74, 6) is 0. The van der Waals surface area contributed by atoms with Crippen LogP contribution >= 0.6 is 0 Å². The smallest absolute Gasteiger partial charge is 0.0999 e. The SMILES string of the molecule is CC1CCC(c2ccccn2)O1. The summed E-state index contributed by atoms with van der Waals surface area (Å²) in [6.07, 6.45) is 4.72. The molecule has 2 atom stereocenters. The fourth-order valence-electron chi connectivity index (χ4n) is 1.59. The van der Waals surface area contributed by atoms with Crippen molar-refractivity contribution in [2.75, 3.05) is 0 Å². The third-order valence-electron chi connectivity index (χ3n) is 2.25. The molecule has 1 aliphatic heterocycles. The van der Waals surface area contributed by atoms with Crippen LogP contribution in [0.5, 0.6) is 0 Å². The molecule has 0 aromatic carbocycles. The second-order valence-electron chi connectivity index (χ2n) is 3.27. The average molecular weight is 163 g/mol. The van der Waals surface area contributed by atoms with Crippen LogP contribution < -0.4 is 0 Å². The van der Waals surface area contributed by atoms with Crippen molar-refractivity contribution in [3.8, 4) is 0 Å². The molecule has 2 unspecified atom stereocenters. The van der Waals surface area contributed by atoms with Crippen LogP contribution in [0.25, 0.3) is 0 Å². The highest BCUT2D eigenvalue weighted by molar-refractivity contribution is 5.07. The molecule has 0 amide bonds. The summed E-state index contributed by atoms with van der Waals surface area (Å²) in [6.45, 7) is 2.11. The van der Waals surface area contributed by atoms with E-state index in [0.29, 0.717) is 6.10 Å². The third-order valence-corrected chi connectivity index (χ3v) is 2.25. The molecule has 0 saturated carbocycles. The van der Waals surface area contributed by atoms with Crippen molar-refractivity contribution in [3.05, 3.63) is 30.1 Å². The van der Waals surface area contributed by atoms with Crippen LogP contribution in [-0.2, 0) is 4.74 Å². The van der Waals surface area contributed by atoms with Crippen LogP contribution in [0.2, 0.25) is 0 Å². The molecule has 2 heterocycles. The van der Waals surface area contributed by atoms with Crippen LogP contribution in [0.3, 0.4) is 0 Å². The number of hydrogen-bond acceptors (Lipinski definition) is 2. The summed E-state index contributed by atoms with van der Waals surface area (Å²) < 4.78 is 5.68. The maximum Gasteiger partial charge on any atom is 0.0999 e. The van der Waals surface area contributed by atoms with Gasteiger partial charge in [-0.3, -0.25) is 4.98 Å². The van der Waals surface area contributed by atoms with E-state index in [1.54, 1.807) is 0 Å². The number of pyridine rings is 1. The van der Waals surface area contributed by atoms with E-state index in [0.717, 1.165) is 18.5 Å². The first-order valence-corrected chi connectivity index (χ1v) is 4.42. The van der Waals surface area contributed by atoms with Crippen LogP contribution in [0.15, 0.2) is 24.4 Å². The maximum atomic E-state index is 5.68. The van der Waals surface area contributed by atoms with E-state index in [9.17, 15) is 0 Å². The zero-order valence-electron chi connectivity index (χ0n) is 7.23. The molecular weight excluding hydrogens is 150 g/mol. The number of hydrogen-bond donors (Lipinski definition) is 0. The average Bonchev–Trinajstić information content (AvgIpc) is 2.54. The Labute approximate surface area is 72.6 Å². The number of aromatic nitrogens is 1. The van der Waals surface area contributed by atoms with Crippen molar-refractivity contribution < 1.29 is 4.74 Å². The van der Waals surface area contributed by atoms with Gasteiger partial charge in [-0.05, 0) is 31.9 Å². The summed E-state index contributed by atoms with van der Waals surface area (Å²) in [7, 11) is 0. The van der Waals surface area contributed by atoms with Gasteiger partial charge in [0, 0.05) is 6.20 Å². The molecule has 0 N–H and O–H groups in total. The standard InChI is InChI=1S/C10H13NO/c1-8-5-6-10(12-8)9-4-2-3-7-11-9/h2-4,7-8,10H,5-6H2,1H3. The van der Waals surface area contributed by atoms with Crippen molar-refractivity contribution in [2.24, 2.45) is 0 Å². The molecule has 1 aromatic heterocycles. The Morgan fingerprint density at radius 1 is 1.42 bits per heavy atom. The van der Waals surface area contributed by atoms with Crippen molar-refractivity contribution >= 4 is 0 Å². The van der Waals surface area contributed by atoms with E-state index in [-0.39, 0.29) is 6.10 Å². The molecule has 1 aliphatic rings. The van der Waals surface area contributed by atoms with E-state index in [1.807, 2.05) is 24.4 Å². The molecule has 2 nitrogen and oxygen atoms in total. The van der Waals surface area contributed by atoms with E-state index >= 15 is 0 Å². The van der Waals surface area contributed by atoms with Gasteiger partial charge in [0.25, 0.3) is 0 Å². The van der Waals surface area contributed by atoms with Crippen molar-refractivity contribution in [1.29, 1.82) is 0 Å². The lowest BCUT2D eigenvalue weighted by Gasteiger charge is -2.09.